The molecule has 2 nitrogen and oxygen atoms in total. The number of ketones is 1. The van der Waals surface area contributed by atoms with Crippen molar-refractivity contribution in [1.29, 1.82) is 0 Å². The molecule has 0 unspecified atom stereocenters. The van der Waals surface area contributed by atoms with Crippen LogP contribution in [0.15, 0.2) is 42.5 Å². The highest BCUT2D eigenvalue weighted by Crippen LogP contribution is 2.26. The Morgan fingerprint density at radius 2 is 1.69 bits per heavy atom. The normalized spacial score (nSPS) is 14.9. The van der Waals surface area contributed by atoms with Crippen molar-refractivity contribution in [2.75, 3.05) is 0 Å². The zero-order valence-corrected chi connectivity index (χ0v) is 9.02. The first kappa shape index (κ1) is 9.40. The molecular formula is C14H13NO. The number of rotatable bonds is 1. The van der Waals surface area contributed by atoms with Gasteiger partial charge in [0, 0.05) is 18.7 Å². The molecule has 0 N–H and O–H groups in total. The van der Waals surface area contributed by atoms with Gasteiger partial charge in [0.15, 0.2) is 5.78 Å². The van der Waals surface area contributed by atoms with E-state index >= 15 is 0 Å². The van der Waals surface area contributed by atoms with Crippen molar-refractivity contribution in [3.63, 3.8) is 0 Å². The Labute approximate surface area is 94.5 Å². The highest BCUT2D eigenvalue weighted by molar-refractivity contribution is 5.96. The van der Waals surface area contributed by atoms with E-state index in [-0.39, 0.29) is 5.78 Å². The van der Waals surface area contributed by atoms with Gasteiger partial charge in [0.2, 0.25) is 0 Å². The van der Waals surface area contributed by atoms with Crippen LogP contribution in [0.2, 0.25) is 0 Å². The van der Waals surface area contributed by atoms with Crippen LogP contribution in [0.5, 0.6) is 0 Å². The Morgan fingerprint density at radius 1 is 0.938 bits per heavy atom. The molecule has 1 aromatic heterocycles. The summed E-state index contributed by atoms with van der Waals surface area (Å²) in [4.78, 5) is 11.7. The molecule has 0 radical (unpaired) electrons. The number of carbonyl (C=O) groups is 1. The number of carbonyl (C=O) groups excluding carboxylic acids is 1. The number of hydrogen-bond donors (Lipinski definition) is 0. The van der Waals surface area contributed by atoms with Gasteiger partial charge in [-0.05, 0) is 24.1 Å². The molecule has 1 aliphatic rings. The SMILES string of the molecule is O=C1CCCn2c1ccc2-c1ccccc1. The molecule has 0 saturated heterocycles. The number of hydrogen-bond acceptors (Lipinski definition) is 1. The topological polar surface area (TPSA) is 22.0 Å². The standard InChI is InChI=1S/C14H13NO/c16-14-7-4-10-15-12(8-9-13(14)15)11-5-2-1-3-6-11/h1-3,5-6,8-9H,4,7,10H2. The van der Waals surface area contributed by atoms with Crippen LogP contribution >= 0.6 is 0 Å². The van der Waals surface area contributed by atoms with E-state index in [0.29, 0.717) is 6.42 Å². The number of benzene rings is 1. The molecule has 3 rings (SSSR count). The van der Waals surface area contributed by atoms with Gasteiger partial charge < -0.3 is 4.57 Å². The molecule has 0 saturated carbocycles. The van der Waals surface area contributed by atoms with Gasteiger partial charge in [0.25, 0.3) is 0 Å². The molecule has 2 heterocycles. The van der Waals surface area contributed by atoms with Crippen LogP contribution in [0.1, 0.15) is 23.3 Å². The summed E-state index contributed by atoms with van der Waals surface area (Å²) in [5, 5.41) is 0. The Hall–Kier alpha value is -1.83. The van der Waals surface area contributed by atoms with Crippen molar-refractivity contribution < 1.29 is 4.79 Å². The molecule has 80 valence electrons. The lowest BCUT2D eigenvalue weighted by Gasteiger charge is -2.17. The third kappa shape index (κ3) is 1.38. The first-order valence-electron chi connectivity index (χ1n) is 5.64. The lowest BCUT2D eigenvalue weighted by Crippen LogP contribution is -2.16. The average molecular weight is 211 g/mol. The first-order valence-corrected chi connectivity index (χ1v) is 5.64. The van der Waals surface area contributed by atoms with Crippen LogP contribution in [0.4, 0.5) is 0 Å². The van der Waals surface area contributed by atoms with Gasteiger partial charge in [-0.15, -0.1) is 0 Å². The van der Waals surface area contributed by atoms with Crippen molar-refractivity contribution in [2.45, 2.75) is 19.4 Å². The van der Waals surface area contributed by atoms with Crippen LogP contribution in [0.25, 0.3) is 11.3 Å². The largest absolute Gasteiger partial charge is 0.338 e. The molecule has 0 atom stereocenters. The number of fused-ring (bicyclic) bond motifs is 1. The van der Waals surface area contributed by atoms with Gasteiger partial charge in [-0.3, -0.25) is 4.79 Å². The van der Waals surface area contributed by atoms with Gasteiger partial charge in [-0.25, -0.2) is 0 Å². The summed E-state index contributed by atoms with van der Waals surface area (Å²) < 4.78 is 2.14. The fourth-order valence-electron chi connectivity index (χ4n) is 2.34. The predicted octanol–water partition coefficient (Wildman–Crippen LogP) is 3.13. The minimum absolute atomic E-state index is 0.272. The van der Waals surface area contributed by atoms with Crippen LogP contribution in [-0.4, -0.2) is 10.4 Å². The lowest BCUT2D eigenvalue weighted by molar-refractivity contribution is 0.0955. The predicted molar refractivity (Wildman–Crippen MR) is 63.4 cm³/mol. The Morgan fingerprint density at radius 3 is 2.50 bits per heavy atom. The summed E-state index contributed by atoms with van der Waals surface area (Å²) in [6.45, 7) is 0.957. The quantitative estimate of drug-likeness (QED) is 0.710. The molecule has 0 fully saturated rings. The number of Topliss-reactive ketones (excluding diaryl/α,β-unsaturated/α-hetero) is 1. The third-order valence-electron chi connectivity index (χ3n) is 3.12. The molecule has 1 aromatic carbocycles. The number of aromatic nitrogens is 1. The van der Waals surface area contributed by atoms with Crippen molar-refractivity contribution in [3.8, 4) is 11.3 Å². The third-order valence-corrected chi connectivity index (χ3v) is 3.12. The van der Waals surface area contributed by atoms with Crippen LogP contribution in [0, 0.1) is 0 Å². The second kappa shape index (κ2) is 3.63. The highest BCUT2D eigenvalue weighted by atomic mass is 16.1. The summed E-state index contributed by atoms with van der Waals surface area (Å²) in [5.74, 6) is 0.272. The molecule has 2 heteroatoms. The van der Waals surface area contributed by atoms with Gasteiger partial charge in [-0.1, -0.05) is 30.3 Å². The summed E-state index contributed by atoms with van der Waals surface area (Å²) in [5.41, 5.74) is 3.21. The van der Waals surface area contributed by atoms with E-state index in [9.17, 15) is 4.79 Å². The van der Waals surface area contributed by atoms with Crippen LogP contribution in [-0.2, 0) is 6.54 Å². The monoisotopic (exact) mass is 211 g/mol. The molecule has 0 spiro atoms. The molecule has 0 aliphatic carbocycles. The van der Waals surface area contributed by atoms with E-state index < -0.39 is 0 Å². The van der Waals surface area contributed by atoms with Crippen molar-refractivity contribution in [2.24, 2.45) is 0 Å². The molecule has 1 aliphatic heterocycles. The zero-order valence-electron chi connectivity index (χ0n) is 9.02. The average Bonchev–Trinajstić information content (AvgIpc) is 2.75. The molecular weight excluding hydrogens is 198 g/mol. The molecule has 0 bridgehead atoms. The van der Waals surface area contributed by atoms with Crippen molar-refractivity contribution >= 4 is 5.78 Å². The van der Waals surface area contributed by atoms with Gasteiger partial charge in [0.05, 0.1) is 5.69 Å². The van der Waals surface area contributed by atoms with E-state index in [2.05, 4.69) is 16.7 Å². The van der Waals surface area contributed by atoms with Gasteiger partial charge >= 0.3 is 0 Å². The van der Waals surface area contributed by atoms with E-state index in [1.165, 1.54) is 5.56 Å². The van der Waals surface area contributed by atoms with Crippen LogP contribution < -0.4 is 0 Å². The van der Waals surface area contributed by atoms with Gasteiger partial charge in [-0.2, -0.15) is 0 Å². The summed E-state index contributed by atoms with van der Waals surface area (Å²) >= 11 is 0. The maximum atomic E-state index is 11.7. The zero-order chi connectivity index (χ0) is 11.0. The molecule has 16 heavy (non-hydrogen) atoms. The minimum atomic E-state index is 0.272. The second-order valence-corrected chi connectivity index (χ2v) is 4.15. The van der Waals surface area contributed by atoms with Crippen molar-refractivity contribution in [3.05, 3.63) is 48.2 Å². The minimum Gasteiger partial charge on any atom is -0.338 e. The molecule has 2 aromatic rings. The van der Waals surface area contributed by atoms with E-state index in [1.54, 1.807) is 0 Å². The molecule has 0 amide bonds. The Bertz CT molecular complexity index is 525. The van der Waals surface area contributed by atoms with E-state index in [4.69, 9.17) is 0 Å². The van der Waals surface area contributed by atoms with Crippen LogP contribution in [0.3, 0.4) is 0 Å². The highest BCUT2D eigenvalue weighted by Gasteiger charge is 2.19. The first-order chi connectivity index (χ1) is 7.86. The second-order valence-electron chi connectivity index (χ2n) is 4.15. The fourth-order valence-corrected chi connectivity index (χ4v) is 2.34. The summed E-state index contributed by atoms with van der Waals surface area (Å²) in [6.07, 6.45) is 1.65. The van der Waals surface area contributed by atoms with Gasteiger partial charge in [0.1, 0.15) is 0 Å². The smallest absolute Gasteiger partial charge is 0.179 e. The Kier molecular flexibility index (Phi) is 2.13. The maximum absolute atomic E-state index is 11.7. The fraction of sp³-hybridized carbons (Fsp3) is 0.214. The maximum Gasteiger partial charge on any atom is 0.179 e. The van der Waals surface area contributed by atoms with E-state index in [0.717, 1.165) is 24.4 Å². The lowest BCUT2D eigenvalue weighted by atomic mass is 10.1. The number of nitrogens with zero attached hydrogens (tertiary/aromatic N) is 1. The summed E-state index contributed by atoms with van der Waals surface area (Å²) in [7, 11) is 0. The summed E-state index contributed by atoms with van der Waals surface area (Å²) in [6, 6.07) is 14.2. The Balaban J connectivity index is 2.13. The van der Waals surface area contributed by atoms with E-state index in [1.807, 2.05) is 30.3 Å². The van der Waals surface area contributed by atoms with Crippen molar-refractivity contribution in [1.82, 2.24) is 4.57 Å².